The minimum atomic E-state index is -0.773. The molecule has 1 aliphatic rings. The second kappa shape index (κ2) is 7.57. The number of rotatable bonds is 7. The fourth-order valence-electron chi connectivity index (χ4n) is 3.14. The topological polar surface area (TPSA) is 91.2 Å². The van der Waals surface area contributed by atoms with E-state index in [1.54, 1.807) is 6.20 Å². The number of pyridine rings is 1. The van der Waals surface area contributed by atoms with Gasteiger partial charge in [0.05, 0.1) is 6.54 Å². The summed E-state index contributed by atoms with van der Waals surface area (Å²) in [5, 5.41) is 12.4. The zero-order chi connectivity index (χ0) is 17.8. The van der Waals surface area contributed by atoms with Crippen molar-refractivity contribution >= 4 is 11.8 Å². The lowest BCUT2D eigenvalue weighted by atomic mass is 9.85. The molecule has 2 N–H and O–H groups in total. The van der Waals surface area contributed by atoms with E-state index in [1.807, 2.05) is 43.0 Å². The van der Waals surface area contributed by atoms with Crippen LogP contribution in [-0.4, -0.2) is 56.1 Å². The van der Waals surface area contributed by atoms with Crippen LogP contribution in [0.15, 0.2) is 30.5 Å². The molecule has 2 aromatic rings. The molecule has 7 heteroatoms. The van der Waals surface area contributed by atoms with Crippen LogP contribution in [0.25, 0.3) is 11.5 Å². The van der Waals surface area contributed by atoms with Crippen LogP contribution in [0.4, 0.5) is 5.82 Å². The van der Waals surface area contributed by atoms with E-state index in [0.29, 0.717) is 17.9 Å². The normalized spacial score (nSPS) is 19.5. The van der Waals surface area contributed by atoms with Gasteiger partial charge in [-0.25, -0.2) is 9.97 Å². The van der Waals surface area contributed by atoms with E-state index in [4.69, 9.17) is 5.11 Å². The molecule has 2 heterocycles. The van der Waals surface area contributed by atoms with Crippen LogP contribution in [0.2, 0.25) is 0 Å². The van der Waals surface area contributed by atoms with Crippen LogP contribution in [-0.2, 0) is 4.79 Å². The smallest absolute Gasteiger partial charge is 0.317 e. The summed E-state index contributed by atoms with van der Waals surface area (Å²) in [6.07, 6.45) is 3.57. The van der Waals surface area contributed by atoms with E-state index in [2.05, 4.69) is 20.3 Å². The van der Waals surface area contributed by atoms with Crippen molar-refractivity contribution in [1.82, 2.24) is 19.9 Å². The zero-order valence-electron chi connectivity index (χ0n) is 14.5. The number of hydrogen-bond donors (Lipinski definition) is 2. The van der Waals surface area contributed by atoms with Gasteiger partial charge in [0.15, 0.2) is 5.82 Å². The first-order valence-corrected chi connectivity index (χ1v) is 8.54. The predicted octanol–water partition coefficient (Wildman–Crippen LogP) is 2.20. The van der Waals surface area contributed by atoms with Crippen LogP contribution in [0, 0.1) is 6.92 Å². The summed E-state index contributed by atoms with van der Waals surface area (Å²) < 4.78 is 0. The standard InChI is InChI=1S/C18H23N5O2/c1-3-23(11-17(24)25)14-9-13(10-14)21-16-8-12(2)20-18(22-16)15-6-4-5-7-19-15/h4-8,13-14H,3,9-11H2,1-2H3,(H,24,25)(H,20,21,22). The summed E-state index contributed by atoms with van der Waals surface area (Å²) in [4.78, 5) is 26.3. The Kier molecular flexibility index (Phi) is 5.23. The van der Waals surface area contributed by atoms with E-state index in [9.17, 15) is 4.79 Å². The predicted molar refractivity (Wildman–Crippen MR) is 95.3 cm³/mol. The molecule has 0 radical (unpaired) electrons. The lowest BCUT2D eigenvalue weighted by Crippen LogP contribution is -2.51. The van der Waals surface area contributed by atoms with Gasteiger partial charge >= 0.3 is 5.97 Å². The molecule has 1 aliphatic carbocycles. The summed E-state index contributed by atoms with van der Waals surface area (Å²) in [6.45, 7) is 4.79. The number of aryl methyl sites for hydroxylation is 1. The van der Waals surface area contributed by atoms with Crippen molar-refractivity contribution in [2.24, 2.45) is 0 Å². The van der Waals surface area contributed by atoms with Crippen LogP contribution in [0.3, 0.4) is 0 Å². The fraction of sp³-hybridized carbons (Fsp3) is 0.444. The van der Waals surface area contributed by atoms with Gasteiger partial charge in [-0.05, 0) is 38.4 Å². The second-order valence-electron chi connectivity index (χ2n) is 6.36. The number of carboxylic acids is 1. The highest BCUT2D eigenvalue weighted by molar-refractivity contribution is 5.69. The number of nitrogens with zero attached hydrogens (tertiary/aromatic N) is 4. The highest BCUT2D eigenvalue weighted by Crippen LogP contribution is 2.28. The summed E-state index contributed by atoms with van der Waals surface area (Å²) >= 11 is 0. The first-order valence-electron chi connectivity index (χ1n) is 8.54. The van der Waals surface area contributed by atoms with Crippen molar-refractivity contribution in [2.75, 3.05) is 18.4 Å². The molecule has 0 bridgehead atoms. The molecular weight excluding hydrogens is 318 g/mol. The van der Waals surface area contributed by atoms with Crippen LogP contribution < -0.4 is 5.32 Å². The maximum absolute atomic E-state index is 10.9. The highest BCUT2D eigenvalue weighted by atomic mass is 16.4. The van der Waals surface area contributed by atoms with E-state index in [0.717, 1.165) is 36.6 Å². The molecule has 0 amide bonds. The van der Waals surface area contributed by atoms with Gasteiger partial charge in [-0.2, -0.15) is 0 Å². The van der Waals surface area contributed by atoms with Crippen LogP contribution in [0.5, 0.6) is 0 Å². The third-order valence-corrected chi connectivity index (χ3v) is 4.47. The number of hydrogen-bond acceptors (Lipinski definition) is 6. The van der Waals surface area contributed by atoms with Crippen molar-refractivity contribution in [1.29, 1.82) is 0 Å². The lowest BCUT2D eigenvalue weighted by molar-refractivity contribution is -0.139. The Labute approximate surface area is 147 Å². The maximum Gasteiger partial charge on any atom is 0.317 e. The SMILES string of the molecule is CCN(CC(=O)O)C1CC(Nc2cc(C)nc(-c3ccccn3)n2)C1. The molecule has 0 aliphatic heterocycles. The summed E-state index contributed by atoms with van der Waals surface area (Å²) in [7, 11) is 0. The number of nitrogens with one attached hydrogen (secondary N) is 1. The quantitative estimate of drug-likeness (QED) is 0.797. The van der Waals surface area contributed by atoms with Crippen molar-refractivity contribution in [3.8, 4) is 11.5 Å². The van der Waals surface area contributed by atoms with Gasteiger partial charge in [-0.3, -0.25) is 14.7 Å². The fourth-order valence-corrected chi connectivity index (χ4v) is 3.14. The third kappa shape index (κ3) is 4.30. The lowest BCUT2D eigenvalue weighted by Gasteiger charge is -2.42. The van der Waals surface area contributed by atoms with Crippen molar-refractivity contribution in [2.45, 2.75) is 38.8 Å². The molecule has 0 spiro atoms. The minimum Gasteiger partial charge on any atom is -0.480 e. The minimum absolute atomic E-state index is 0.102. The molecule has 1 saturated carbocycles. The molecule has 0 saturated heterocycles. The number of aromatic nitrogens is 3. The average Bonchev–Trinajstić information content (AvgIpc) is 2.56. The monoisotopic (exact) mass is 341 g/mol. The van der Waals surface area contributed by atoms with Crippen molar-refractivity contribution in [3.05, 3.63) is 36.2 Å². The Morgan fingerprint density at radius 3 is 2.80 bits per heavy atom. The third-order valence-electron chi connectivity index (χ3n) is 4.47. The number of carbonyl (C=O) groups is 1. The van der Waals surface area contributed by atoms with Gasteiger partial charge in [0, 0.05) is 30.0 Å². The maximum atomic E-state index is 10.9. The Morgan fingerprint density at radius 1 is 1.36 bits per heavy atom. The number of anilines is 1. The molecule has 7 nitrogen and oxygen atoms in total. The molecular formula is C18H23N5O2. The Hall–Kier alpha value is -2.54. The van der Waals surface area contributed by atoms with Gasteiger partial charge in [0.1, 0.15) is 11.5 Å². The molecule has 0 unspecified atom stereocenters. The van der Waals surface area contributed by atoms with Gasteiger partial charge in [-0.15, -0.1) is 0 Å². The van der Waals surface area contributed by atoms with Gasteiger partial charge in [-0.1, -0.05) is 13.0 Å². The molecule has 1 fully saturated rings. The Balaban J connectivity index is 1.63. The van der Waals surface area contributed by atoms with E-state index >= 15 is 0 Å². The molecule has 0 atom stereocenters. The first kappa shape index (κ1) is 17.3. The van der Waals surface area contributed by atoms with Crippen molar-refractivity contribution in [3.63, 3.8) is 0 Å². The highest BCUT2D eigenvalue weighted by Gasteiger charge is 2.34. The second-order valence-corrected chi connectivity index (χ2v) is 6.36. The Morgan fingerprint density at radius 2 is 2.16 bits per heavy atom. The summed E-state index contributed by atoms with van der Waals surface area (Å²) in [5.41, 5.74) is 1.63. The molecule has 3 rings (SSSR count). The zero-order valence-corrected chi connectivity index (χ0v) is 14.5. The Bertz CT molecular complexity index is 732. The van der Waals surface area contributed by atoms with E-state index in [1.165, 1.54) is 0 Å². The number of carboxylic acid groups (broad SMARTS) is 1. The molecule has 132 valence electrons. The number of likely N-dealkylation sites (N-methyl/N-ethyl adjacent to an activating group) is 1. The summed E-state index contributed by atoms with van der Waals surface area (Å²) in [5.74, 6) is 0.627. The molecule has 0 aromatic carbocycles. The van der Waals surface area contributed by atoms with Gasteiger partial charge in [0.2, 0.25) is 0 Å². The van der Waals surface area contributed by atoms with Crippen LogP contribution in [0.1, 0.15) is 25.5 Å². The van der Waals surface area contributed by atoms with Gasteiger partial charge in [0.25, 0.3) is 0 Å². The molecule has 25 heavy (non-hydrogen) atoms. The van der Waals surface area contributed by atoms with Crippen molar-refractivity contribution < 1.29 is 9.90 Å². The molecule has 2 aromatic heterocycles. The average molecular weight is 341 g/mol. The largest absolute Gasteiger partial charge is 0.480 e. The van der Waals surface area contributed by atoms with E-state index in [-0.39, 0.29) is 6.54 Å². The first-order chi connectivity index (χ1) is 12.0. The van der Waals surface area contributed by atoms with Gasteiger partial charge < -0.3 is 10.4 Å². The summed E-state index contributed by atoms with van der Waals surface area (Å²) in [6, 6.07) is 8.22. The number of aliphatic carboxylic acids is 1. The van der Waals surface area contributed by atoms with Crippen LogP contribution >= 0.6 is 0 Å². The van der Waals surface area contributed by atoms with E-state index < -0.39 is 5.97 Å².